The lowest BCUT2D eigenvalue weighted by Gasteiger charge is -2.34. The van der Waals surface area contributed by atoms with Gasteiger partial charge in [-0.3, -0.25) is 0 Å². The van der Waals surface area contributed by atoms with Gasteiger partial charge in [-0.05, 0) is 31.3 Å². The minimum atomic E-state index is 0.550. The van der Waals surface area contributed by atoms with E-state index in [9.17, 15) is 0 Å². The number of piperidine rings is 1. The van der Waals surface area contributed by atoms with Crippen molar-refractivity contribution >= 4 is 5.95 Å². The predicted molar refractivity (Wildman–Crippen MR) is 71.8 cm³/mol. The molecule has 2 fully saturated rings. The van der Waals surface area contributed by atoms with E-state index >= 15 is 0 Å². The van der Waals surface area contributed by atoms with Crippen LogP contribution in [0.25, 0.3) is 0 Å². The summed E-state index contributed by atoms with van der Waals surface area (Å²) in [5.41, 5.74) is 0. The lowest BCUT2D eigenvalue weighted by molar-refractivity contribution is 0.339. The molecule has 2 aliphatic heterocycles. The van der Waals surface area contributed by atoms with Crippen molar-refractivity contribution in [3.63, 3.8) is 0 Å². The summed E-state index contributed by atoms with van der Waals surface area (Å²) >= 11 is 0. The highest BCUT2D eigenvalue weighted by Gasteiger charge is 2.33. The second-order valence-electron chi connectivity index (χ2n) is 5.17. The lowest BCUT2D eigenvalue weighted by atomic mass is 9.89. The van der Waals surface area contributed by atoms with Gasteiger partial charge in [-0.25, -0.2) is 0 Å². The van der Waals surface area contributed by atoms with Crippen molar-refractivity contribution in [1.29, 1.82) is 0 Å². The van der Waals surface area contributed by atoms with E-state index in [2.05, 4.69) is 20.2 Å². The number of nitrogens with zero attached hydrogens (tertiary/aromatic N) is 3. The highest BCUT2D eigenvalue weighted by Crippen LogP contribution is 2.29. The van der Waals surface area contributed by atoms with Crippen LogP contribution >= 0.6 is 0 Å². The zero-order valence-corrected chi connectivity index (χ0v) is 11.4. The first-order chi connectivity index (χ1) is 9.30. The first-order valence-electron chi connectivity index (χ1n) is 6.73. The Hall–Kier alpha value is -1.56. The van der Waals surface area contributed by atoms with Gasteiger partial charge in [-0.1, -0.05) is 0 Å². The lowest BCUT2D eigenvalue weighted by Crippen LogP contribution is -2.40. The zero-order valence-electron chi connectivity index (χ0n) is 11.4. The van der Waals surface area contributed by atoms with E-state index in [1.165, 1.54) is 6.42 Å². The number of hydrogen-bond donors (Lipinski definition) is 1. The Bertz CT molecular complexity index is 432. The summed E-state index contributed by atoms with van der Waals surface area (Å²) in [5.74, 6) is 3.32. The van der Waals surface area contributed by atoms with E-state index in [4.69, 9.17) is 9.47 Å². The fraction of sp³-hybridized carbons (Fsp3) is 0.692. The summed E-state index contributed by atoms with van der Waals surface area (Å²) in [6.45, 7) is 4.26. The Labute approximate surface area is 113 Å². The number of aromatic nitrogens is 2. The molecule has 3 rings (SSSR count). The summed E-state index contributed by atoms with van der Waals surface area (Å²) in [5, 5.41) is 3.46. The number of anilines is 1. The zero-order chi connectivity index (χ0) is 13.2. The third-order valence-corrected chi connectivity index (χ3v) is 4.07. The molecular formula is C13H20N4O2. The van der Waals surface area contributed by atoms with Gasteiger partial charge in [-0.2, -0.15) is 9.97 Å². The predicted octanol–water partition coefficient (Wildman–Crippen LogP) is 0.539. The van der Waals surface area contributed by atoms with E-state index in [0.717, 1.165) is 32.1 Å². The van der Waals surface area contributed by atoms with Gasteiger partial charge in [0.05, 0.1) is 20.3 Å². The minimum absolute atomic E-state index is 0.550. The molecule has 0 amide bonds. The molecule has 2 saturated heterocycles. The van der Waals surface area contributed by atoms with E-state index in [1.54, 1.807) is 20.3 Å². The van der Waals surface area contributed by atoms with Gasteiger partial charge in [0.25, 0.3) is 0 Å². The number of nitrogens with one attached hydrogen (secondary N) is 1. The van der Waals surface area contributed by atoms with Crippen LogP contribution in [-0.4, -0.2) is 50.4 Å². The van der Waals surface area contributed by atoms with E-state index in [0.29, 0.717) is 23.6 Å². The highest BCUT2D eigenvalue weighted by atomic mass is 16.5. The molecule has 6 heteroatoms. The maximum absolute atomic E-state index is 5.20. The molecular weight excluding hydrogens is 244 g/mol. The Morgan fingerprint density at radius 3 is 2.53 bits per heavy atom. The van der Waals surface area contributed by atoms with Crippen LogP contribution in [0, 0.1) is 11.8 Å². The van der Waals surface area contributed by atoms with E-state index in [1.807, 2.05) is 0 Å². The fourth-order valence-electron chi connectivity index (χ4n) is 2.96. The summed E-state index contributed by atoms with van der Waals surface area (Å²) in [4.78, 5) is 11.1. The van der Waals surface area contributed by atoms with Gasteiger partial charge in [0.15, 0.2) is 0 Å². The van der Waals surface area contributed by atoms with Crippen molar-refractivity contribution < 1.29 is 9.47 Å². The molecule has 1 aromatic heterocycles. The Kier molecular flexibility index (Phi) is 3.42. The van der Waals surface area contributed by atoms with Crippen LogP contribution in [0.15, 0.2) is 6.07 Å². The van der Waals surface area contributed by atoms with Gasteiger partial charge in [0.1, 0.15) is 0 Å². The largest absolute Gasteiger partial charge is 0.481 e. The third-order valence-electron chi connectivity index (χ3n) is 4.07. The van der Waals surface area contributed by atoms with Gasteiger partial charge < -0.3 is 19.7 Å². The molecule has 2 unspecified atom stereocenters. The first-order valence-corrected chi connectivity index (χ1v) is 6.73. The average Bonchev–Trinajstić information content (AvgIpc) is 2.94. The highest BCUT2D eigenvalue weighted by molar-refractivity contribution is 5.37. The normalized spacial score (nSPS) is 26.1. The number of hydrogen-bond acceptors (Lipinski definition) is 6. The van der Waals surface area contributed by atoms with Crippen molar-refractivity contribution in [2.75, 3.05) is 45.3 Å². The number of rotatable bonds is 3. The van der Waals surface area contributed by atoms with Crippen molar-refractivity contribution in [3.8, 4) is 11.8 Å². The molecule has 0 bridgehead atoms. The van der Waals surface area contributed by atoms with Crippen molar-refractivity contribution in [3.05, 3.63) is 6.07 Å². The van der Waals surface area contributed by atoms with Crippen molar-refractivity contribution in [2.24, 2.45) is 11.8 Å². The van der Waals surface area contributed by atoms with Gasteiger partial charge in [-0.15, -0.1) is 0 Å². The smallest absolute Gasteiger partial charge is 0.231 e. The summed E-state index contributed by atoms with van der Waals surface area (Å²) in [6, 6.07) is 1.70. The fourth-order valence-corrected chi connectivity index (χ4v) is 2.96. The monoisotopic (exact) mass is 264 g/mol. The Balaban J connectivity index is 1.81. The molecule has 1 N–H and O–H groups in total. The molecule has 2 aliphatic rings. The summed E-state index contributed by atoms with van der Waals surface area (Å²) < 4.78 is 10.4. The van der Waals surface area contributed by atoms with Crippen LogP contribution in [-0.2, 0) is 0 Å². The van der Waals surface area contributed by atoms with Crippen LogP contribution in [0.5, 0.6) is 11.8 Å². The van der Waals surface area contributed by atoms with Crippen molar-refractivity contribution in [1.82, 2.24) is 15.3 Å². The SMILES string of the molecule is COc1cc(OC)nc(N2CCC3CNCC3C2)n1. The molecule has 0 spiro atoms. The molecule has 19 heavy (non-hydrogen) atoms. The molecule has 6 nitrogen and oxygen atoms in total. The third kappa shape index (κ3) is 2.45. The van der Waals surface area contributed by atoms with Crippen LogP contribution < -0.4 is 19.7 Å². The van der Waals surface area contributed by atoms with Crippen LogP contribution in [0.1, 0.15) is 6.42 Å². The summed E-state index contributed by atoms with van der Waals surface area (Å²) in [6.07, 6.45) is 1.19. The van der Waals surface area contributed by atoms with Gasteiger partial charge in [0.2, 0.25) is 17.7 Å². The summed E-state index contributed by atoms with van der Waals surface area (Å²) in [7, 11) is 3.22. The molecule has 2 atom stereocenters. The topological polar surface area (TPSA) is 59.5 Å². The van der Waals surface area contributed by atoms with Gasteiger partial charge >= 0.3 is 0 Å². The van der Waals surface area contributed by atoms with Gasteiger partial charge in [0, 0.05) is 13.1 Å². The molecule has 104 valence electrons. The maximum Gasteiger partial charge on any atom is 0.231 e. The molecule has 0 aromatic carbocycles. The molecule has 1 aromatic rings. The second kappa shape index (κ2) is 5.21. The van der Waals surface area contributed by atoms with Crippen LogP contribution in [0.2, 0.25) is 0 Å². The molecule has 0 aliphatic carbocycles. The van der Waals surface area contributed by atoms with Crippen LogP contribution in [0.4, 0.5) is 5.95 Å². The standard InChI is InChI=1S/C13H20N4O2/c1-18-11-5-12(19-2)16-13(15-11)17-4-3-9-6-14-7-10(9)8-17/h5,9-10,14H,3-4,6-8H2,1-2H3. The molecule has 3 heterocycles. The maximum atomic E-state index is 5.20. The van der Waals surface area contributed by atoms with Crippen LogP contribution in [0.3, 0.4) is 0 Å². The van der Waals surface area contributed by atoms with E-state index < -0.39 is 0 Å². The number of methoxy groups -OCH3 is 2. The van der Waals surface area contributed by atoms with E-state index in [-0.39, 0.29) is 0 Å². The second-order valence-corrected chi connectivity index (χ2v) is 5.17. The Morgan fingerprint density at radius 1 is 1.16 bits per heavy atom. The molecule has 0 saturated carbocycles. The average molecular weight is 264 g/mol. The first kappa shape index (κ1) is 12.5. The quantitative estimate of drug-likeness (QED) is 0.860. The molecule has 0 radical (unpaired) electrons. The number of ether oxygens (including phenoxy) is 2. The minimum Gasteiger partial charge on any atom is -0.481 e. The van der Waals surface area contributed by atoms with Crippen molar-refractivity contribution in [2.45, 2.75) is 6.42 Å². The number of fused-ring (bicyclic) bond motifs is 1. The Morgan fingerprint density at radius 2 is 1.84 bits per heavy atom.